The number of nitrogens with one attached hydrogen (secondary N) is 1. The van der Waals surface area contributed by atoms with Gasteiger partial charge in [0.25, 0.3) is 0 Å². The summed E-state index contributed by atoms with van der Waals surface area (Å²) in [5.74, 6) is -2.09. The Kier molecular flexibility index (Phi) is 5.17. The fraction of sp³-hybridized carbons (Fsp3) is 0.733. The Bertz CT molecular complexity index is 393. The fourth-order valence-corrected chi connectivity index (χ4v) is 3.28. The van der Waals surface area contributed by atoms with Crippen LogP contribution in [0.5, 0.6) is 0 Å². The van der Waals surface area contributed by atoms with Crippen LogP contribution >= 0.6 is 0 Å². The number of hydrogen-bond donors (Lipinski definition) is 3. The van der Waals surface area contributed by atoms with Crippen molar-refractivity contribution in [3.8, 4) is 0 Å². The van der Waals surface area contributed by atoms with E-state index in [1.807, 2.05) is 12.2 Å². The van der Waals surface area contributed by atoms with Crippen LogP contribution in [0, 0.1) is 17.8 Å². The number of allylic oxidation sites excluding steroid dienone is 2. The number of carbonyl (C=O) groups is 2. The predicted molar refractivity (Wildman–Crippen MR) is 74.0 cm³/mol. The number of rotatable bonds is 4. The van der Waals surface area contributed by atoms with Crippen LogP contribution in [0.2, 0.25) is 0 Å². The average Bonchev–Trinajstić information content (AvgIpc) is 2.47. The molecule has 0 radical (unpaired) electrons. The van der Waals surface area contributed by atoms with Crippen LogP contribution in [0.1, 0.15) is 38.5 Å². The molecular weight excluding hydrogens is 258 g/mol. The van der Waals surface area contributed by atoms with E-state index in [-0.39, 0.29) is 24.5 Å². The summed E-state index contributed by atoms with van der Waals surface area (Å²) >= 11 is 0. The van der Waals surface area contributed by atoms with Crippen LogP contribution in [0.3, 0.4) is 0 Å². The highest BCUT2D eigenvalue weighted by Crippen LogP contribution is 2.28. The van der Waals surface area contributed by atoms with Gasteiger partial charge in [-0.3, -0.25) is 9.59 Å². The third kappa shape index (κ3) is 3.39. The minimum atomic E-state index is -0.906. The third-order valence-corrected chi connectivity index (χ3v) is 4.56. The van der Waals surface area contributed by atoms with E-state index in [0.717, 1.165) is 25.7 Å². The normalized spacial score (nSPS) is 33.6. The zero-order valence-electron chi connectivity index (χ0n) is 11.6. The lowest BCUT2D eigenvalue weighted by Crippen LogP contribution is -2.48. The summed E-state index contributed by atoms with van der Waals surface area (Å²) in [5, 5.41) is 21.6. The Morgan fingerprint density at radius 3 is 2.40 bits per heavy atom. The number of amides is 1. The topological polar surface area (TPSA) is 86.6 Å². The predicted octanol–water partition coefficient (Wildman–Crippen LogP) is 1.32. The molecule has 1 fully saturated rings. The molecule has 0 bridgehead atoms. The molecule has 2 rings (SSSR count). The number of aliphatic hydroxyl groups is 1. The largest absolute Gasteiger partial charge is 0.481 e. The van der Waals surface area contributed by atoms with Gasteiger partial charge in [-0.25, -0.2) is 0 Å². The molecule has 4 unspecified atom stereocenters. The summed E-state index contributed by atoms with van der Waals surface area (Å²) in [6, 6.07) is -0.0124. The van der Waals surface area contributed by atoms with Crippen LogP contribution in [0.25, 0.3) is 0 Å². The number of aliphatic hydroxyl groups excluding tert-OH is 1. The highest BCUT2D eigenvalue weighted by Gasteiger charge is 2.36. The maximum atomic E-state index is 12.4. The van der Waals surface area contributed by atoms with Crippen molar-refractivity contribution >= 4 is 11.9 Å². The zero-order chi connectivity index (χ0) is 14.5. The molecule has 0 heterocycles. The smallest absolute Gasteiger partial charge is 0.307 e. The SMILES string of the molecule is O=C(O)C1CC=CCC1C(=O)NC1CCCCC1CO. The van der Waals surface area contributed by atoms with Gasteiger partial charge in [-0.1, -0.05) is 25.0 Å². The third-order valence-electron chi connectivity index (χ3n) is 4.56. The van der Waals surface area contributed by atoms with Crippen molar-refractivity contribution in [1.29, 1.82) is 0 Å². The molecule has 1 amide bonds. The van der Waals surface area contributed by atoms with Crippen LogP contribution in [-0.4, -0.2) is 34.7 Å². The van der Waals surface area contributed by atoms with E-state index in [4.69, 9.17) is 0 Å². The zero-order valence-corrected chi connectivity index (χ0v) is 11.6. The summed E-state index contributed by atoms with van der Waals surface area (Å²) in [5.41, 5.74) is 0. The van der Waals surface area contributed by atoms with Crippen molar-refractivity contribution in [2.24, 2.45) is 17.8 Å². The van der Waals surface area contributed by atoms with E-state index in [0.29, 0.717) is 12.8 Å². The van der Waals surface area contributed by atoms with E-state index >= 15 is 0 Å². The second-order valence-electron chi connectivity index (χ2n) is 5.84. The molecule has 0 aliphatic heterocycles. The van der Waals surface area contributed by atoms with E-state index in [1.54, 1.807) is 0 Å². The Labute approximate surface area is 119 Å². The molecule has 3 N–H and O–H groups in total. The van der Waals surface area contributed by atoms with Crippen molar-refractivity contribution in [3.63, 3.8) is 0 Å². The Balaban J connectivity index is 1.99. The highest BCUT2D eigenvalue weighted by atomic mass is 16.4. The quantitative estimate of drug-likeness (QED) is 0.678. The van der Waals surface area contributed by atoms with Gasteiger partial charge >= 0.3 is 5.97 Å². The molecule has 1 saturated carbocycles. The van der Waals surface area contributed by atoms with Crippen LogP contribution < -0.4 is 5.32 Å². The highest BCUT2D eigenvalue weighted by molar-refractivity contribution is 5.85. The number of carboxylic acid groups (broad SMARTS) is 1. The molecule has 0 aromatic rings. The van der Waals surface area contributed by atoms with Gasteiger partial charge in [0.15, 0.2) is 0 Å². The lowest BCUT2D eigenvalue weighted by Gasteiger charge is -2.33. The first-order valence-corrected chi connectivity index (χ1v) is 7.42. The summed E-state index contributed by atoms with van der Waals surface area (Å²) < 4.78 is 0. The van der Waals surface area contributed by atoms with Crippen molar-refractivity contribution in [1.82, 2.24) is 5.32 Å². The van der Waals surface area contributed by atoms with Crippen molar-refractivity contribution in [2.45, 2.75) is 44.6 Å². The summed E-state index contributed by atoms with van der Waals surface area (Å²) in [7, 11) is 0. The number of aliphatic carboxylic acids is 1. The van der Waals surface area contributed by atoms with Gasteiger partial charge in [0.05, 0.1) is 11.8 Å². The Morgan fingerprint density at radius 2 is 1.75 bits per heavy atom. The summed E-state index contributed by atoms with van der Waals surface area (Å²) in [4.78, 5) is 23.6. The van der Waals surface area contributed by atoms with Crippen LogP contribution in [0.15, 0.2) is 12.2 Å². The Hall–Kier alpha value is -1.36. The molecule has 2 aliphatic carbocycles. The van der Waals surface area contributed by atoms with Crippen LogP contribution in [-0.2, 0) is 9.59 Å². The van der Waals surface area contributed by atoms with E-state index in [9.17, 15) is 19.8 Å². The second kappa shape index (κ2) is 6.88. The molecule has 0 aromatic carbocycles. The molecule has 5 heteroatoms. The molecular formula is C15H23NO4. The van der Waals surface area contributed by atoms with Gasteiger partial charge in [-0.05, 0) is 25.7 Å². The number of carbonyl (C=O) groups excluding carboxylic acids is 1. The fourth-order valence-electron chi connectivity index (χ4n) is 3.28. The van der Waals surface area contributed by atoms with E-state index in [1.165, 1.54) is 0 Å². The first-order chi connectivity index (χ1) is 9.63. The van der Waals surface area contributed by atoms with Gasteiger partial charge in [0.2, 0.25) is 5.91 Å². The summed E-state index contributed by atoms with van der Waals surface area (Å²) in [6.07, 6.45) is 8.55. The lowest BCUT2D eigenvalue weighted by molar-refractivity contribution is -0.147. The first kappa shape index (κ1) is 15.0. The van der Waals surface area contributed by atoms with Gasteiger partial charge in [-0.15, -0.1) is 0 Å². The molecule has 2 aliphatic rings. The standard InChI is InChI=1S/C15H23NO4/c17-9-10-5-1-4-8-13(10)16-14(18)11-6-2-3-7-12(11)15(19)20/h2-3,10-13,17H,1,4-9H2,(H,16,18)(H,19,20). The van der Waals surface area contributed by atoms with Crippen molar-refractivity contribution in [2.75, 3.05) is 6.61 Å². The average molecular weight is 281 g/mol. The molecule has 112 valence electrons. The van der Waals surface area contributed by atoms with Gasteiger partial charge < -0.3 is 15.5 Å². The minimum Gasteiger partial charge on any atom is -0.481 e. The van der Waals surface area contributed by atoms with Gasteiger partial charge in [-0.2, -0.15) is 0 Å². The van der Waals surface area contributed by atoms with Gasteiger partial charge in [0, 0.05) is 18.6 Å². The summed E-state index contributed by atoms with van der Waals surface area (Å²) in [6.45, 7) is 0.0812. The monoisotopic (exact) mass is 281 g/mol. The molecule has 20 heavy (non-hydrogen) atoms. The van der Waals surface area contributed by atoms with Crippen molar-refractivity contribution < 1.29 is 19.8 Å². The molecule has 0 saturated heterocycles. The minimum absolute atomic E-state index is 0.0124. The second-order valence-corrected chi connectivity index (χ2v) is 5.84. The Morgan fingerprint density at radius 1 is 1.10 bits per heavy atom. The van der Waals surface area contributed by atoms with Crippen LogP contribution in [0.4, 0.5) is 0 Å². The lowest BCUT2D eigenvalue weighted by atomic mass is 9.80. The van der Waals surface area contributed by atoms with E-state index < -0.39 is 17.8 Å². The molecule has 0 aromatic heterocycles. The maximum absolute atomic E-state index is 12.4. The molecule has 4 atom stereocenters. The molecule has 5 nitrogen and oxygen atoms in total. The molecule has 0 spiro atoms. The number of carboxylic acids is 1. The first-order valence-electron chi connectivity index (χ1n) is 7.42. The van der Waals surface area contributed by atoms with E-state index in [2.05, 4.69) is 5.32 Å². The van der Waals surface area contributed by atoms with Gasteiger partial charge in [0.1, 0.15) is 0 Å². The maximum Gasteiger partial charge on any atom is 0.307 e. The number of hydrogen-bond acceptors (Lipinski definition) is 3. The van der Waals surface area contributed by atoms with Crippen molar-refractivity contribution in [3.05, 3.63) is 12.2 Å².